The van der Waals surface area contributed by atoms with Gasteiger partial charge in [0.25, 0.3) is 5.69 Å². The first-order chi connectivity index (χ1) is 15.7. The molecule has 0 saturated carbocycles. The van der Waals surface area contributed by atoms with E-state index in [-0.39, 0.29) is 30.2 Å². The molecule has 9 nitrogen and oxygen atoms in total. The van der Waals surface area contributed by atoms with Crippen molar-refractivity contribution in [2.45, 2.75) is 32.4 Å². The van der Waals surface area contributed by atoms with Gasteiger partial charge in [0, 0.05) is 29.3 Å². The molecule has 3 unspecified atom stereocenters. The van der Waals surface area contributed by atoms with Crippen LogP contribution in [-0.4, -0.2) is 35.2 Å². The van der Waals surface area contributed by atoms with E-state index in [1.54, 1.807) is 57.2 Å². The normalized spacial score (nSPS) is 22.3. The van der Waals surface area contributed by atoms with Crippen LogP contribution in [0.3, 0.4) is 0 Å². The monoisotopic (exact) mass is 454 g/mol. The van der Waals surface area contributed by atoms with Crippen LogP contribution in [0, 0.1) is 16.0 Å². The number of nitro benzene ring substituents is 1. The number of non-ortho nitro benzene ring substituents is 1. The molecule has 3 atom stereocenters. The molecule has 2 aromatic carbocycles. The fourth-order valence-electron chi connectivity index (χ4n) is 4.23. The quantitative estimate of drug-likeness (QED) is 0.371. The molecule has 1 aliphatic rings. The van der Waals surface area contributed by atoms with Crippen molar-refractivity contribution >= 4 is 17.6 Å². The molecule has 2 N–H and O–H groups in total. The van der Waals surface area contributed by atoms with Crippen molar-refractivity contribution in [3.63, 3.8) is 0 Å². The molecular weight excluding hydrogens is 428 g/mol. The van der Waals surface area contributed by atoms with E-state index in [1.165, 1.54) is 18.2 Å². The largest absolute Gasteiger partial charge is 0.466 e. The van der Waals surface area contributed by atoms with Gasteiger partial charge in [0.05, 0.1) is 23.7 Å². The molecule has 0 saturated heterocycles. The van der Waals surface area contributed by atoms with Crippen LogP contribution in [0.5, 0.6) is 0 Å². The summed E-state index contributed by atoms with van der Waals surface area (Å²) >= 11 is 0. The maximum atomic E-state index is 13.3. The van der Waals surface area contributed by atoms with Gasteiger partial charge in [-0.2, -0.15) is 0 Å². The van der Waals surface area contributed by atoms with Gasteiger partial charge < -0.3 is 19.9 Å². The number of hydrogen-bond acceptors (Lipinski definition) is 8. The Balaban J connectivity index is 2.32. The SMILES string of the molecule is CCOC(=O)C1=C(C)NC(O)(c2ccccc2)C(C(=O)OCC)C1c1cccc([N+](=O)[O-])c1. The van der Waals surface area contributed by atoms with Gasteiger partial charge in [0.1, 0.15) is 5.92 Å². The van der Waals surface area contributed by atoms with Gasteiger partial charge in [-0.05, 0) is 26.3 Å². The minimum Gasteiger partial charge on any atom is -0.466 e. The number of hydrogen-bond donors (Lipinski definition) is 2. The second-order valence-electron chi connectivity index (χ2n) is 7.58. The zero-order valence-electron chi connectivity index (χ0n) is 18.6. The highest BCUT2D eigenvalue weighted by molar-refractivity contribution is 5.93. The lowest BCUT2D eigenvalue weighted by Gasteiger charge is -2.45. The summed E-state index contributed by atoms with van der Waals surface area (Å²) in [5.41, 5.74) is -1.10. The average molecular weight is 454 g/mol. The van der Waals surface area contributed by atoms with Crippen molar-refractivity contribution in [1.82, 2.24) is 5.32 Å². The van der Waals surface area contributed by atoms with E-state index in [0.29, 0.717) is 11.1 Å². The van der Waals surface area contributed by atoms with Crippen molar-refractivity contribution in [1.29, 1.82) is 0 Å². The number of allylic oxidation sites excluding steroid dienone is 1. The molecular formula is C24H26N2O7. The van der Waals surface area contributed by atoms with Crippen molar-refractivity contribution < 1.29 is 29.1 Å². The predicted octanol–water partition coefficient (Wildman–Crippen LogP) is 3.14. The van der Waals surface area contributed by atoms with Gasteiger partial charge in [-0.3, -0.25) is 14.9 Å². The van der Waals surface area contributed by atoms with Crippen LogP contribution >= 0.6 is 0 Å². The second-order valence-corrected chi connectivity index (χ2v) is 7.58. The minimum absolute atomic E-state index is 0.0410. The van der Waals surface area contributed by atoms with E-state index in [2.05, 4.69) is 5.32 Å². The third-order valence-corrected chi connectivity index (χ3v) is 5.57. The maximum absolute atomic E-state index is 13.3. The molecule has 2 aromatic rings. The highest BCUT2D eigenvalue weighted by atomic mass is 16.6. The van der Waals surface area contributed by atoms with Crippen molar-refractivity contribution in [3.05, 3.63) is 87.1 Å². The van der Waals surface area contributed by atoms with E-state index in [0.717, 1.165) is 0 Å². The molecule has 0 fully saturated rings. The summed E-state index contributed by atoms with van der Waals surface area (Å²) in [6, 6.07) is 14.1. The van der Waals surface area contributed by atoms with Gasteiger partial charge in [0.15, 0.2) is 5.72 Å². The summed E-state index contributed by atoms with van der Waals surface area (Å²) in [7, 11) is 0. The minimum atomic E-state index is -1.96. The number of carbonyl (C=O) groups excluding carboxylic acids is 2. The number of rotatable bonds is 7. The van der Waals surface area contributed by atoms with Gasteiger partial charge in [0.2, 0.25) is 0 Å². The number of aliphatic hydroxyl groups is 1. The van der Waals surface area contributed by atoms with Gasteiger partial charge in [-0.25, -0.2) is 4.79 Å². The Bertz CT molecular complexity index is 1080. The van der Waals surface area contributed by atoms with Crippen LogP contribution in [-0.2, 0) is 24.8 Å². The zero-order valence-corrected chi connectivity index (χ0v) is 18.6. The van der Waals surface area contributed by atoms with Crippen LogP contribution in [0.15, 0.2) is 65.9 Å². The van der Waals surface area contributed by atoms with Crippen molar-refractivity contribution in [2.75, 3.05) is 13.2 Å². The lowest BCUT2D eigenvalue weighted by Crippen LogP contribution is -2.57. The molecule has 174 valence electrons. The number of esters is 2. The molecule has 1 aliphatic heterocycles. The van der Waals surface area contributed by atoms with Crippen LogP contribution in [0.25, 0.3) is 0 Å². The number of nitrogens with zero attached hydrogens (tertiary/aromatic N) is 1. The standard InChI is InChI=1S/C24H26N2O7/c1-4-32-22(27)19-15(3)25-24(29,17-11-7-6-8-12-17)21(23(28)33-5-2)20(19)16-10-9-13-18(14-16)26(30)31/h6-14,20-21,25,29H,4-5H2,1-3H3. The smallest absolute Gasteiger partial charge is 0.336 e. The van der Waals surface area contributed by atoms with Crippen molar-refractivity contribution in [2.24, 2.45) is 5.92 Å². The lowest BCUT2D eigenvalue weighted by atomic mass is 9.69. The Labute approximate surface area is 191 Å². The number of ether oxygens (including phenoxy) is 2. The summed E-state index contributed by atoms with van der Waals surface area (Å²) in [4.78, 5) is 37.2. The zero-order chi connectivity index (χ0) is 24.2. The lowest BCUT2D eigenvalue weighted by molar-refractivity contribution is -0.384. The molecule has 0 aliphatic carbocycles. The van der Waals surface area contributed by atoms with E-state index >= 15 is 0 Å². The molecule has 33 heavy (non-hydrogen) atoms. The first kappa shape index (κ1) is 23.9. The molecule has 3 rings (SSSR count). The predicted molar refractivity (Wildman–Crippen MR) is 119 cm³/mol. The first-order valence-electron chi connectivity index (χ1n) is 10.6. The summed E-state index contributed by atoms with van der Waals surface area (Å²) in [5, 5.41) is 26.2. The number of nitro groups is 1. The molecule has 9 heteroatoms. The van der Waals surface area contributed by atoms with Crippen LogP contribution in [0.2, 0.25) is 0 Å². The third-order valence-electron chi connectivity index (χ3n) is 5.57. The van der Waals surface area contributed by atoms with Crippen LogP contribution in [0.4, 0.5) is 5.69 Å². The highest BCUT2D eigenvalue weighted by Crippen LogP contribution is 2.48. The molecule has 0 spiro atoms. The van der Waals surface area contributed by atoms with E-state index < -0.39 is 34.4 Å². The third kappa shape index (κ3) is 4.58. The topological polar surface area (TPSA) is 128 Å². The fourth-order valence-corrected chi connectivity index (χ4v) is 4.23. The Morgan fingerprint density at radius 2 is 1.76 bits per heavy atom. The fraction of sp³-hybridized carbons (Fsp3) is 0.333. The van der Waals surface area contributed by atoms with Crippen LogP contribution < -0.4 is 5.32 Å². The summed E-state index contributed by atoms with van der Waals surface area (Å²) in [6.45, 7) is 5.00. The van der Waals surface area contributed by atoms with Gasteiger partial charge in [-0.15, -0.1) is 0 Å². The number of benzene rings is 2. The summed E-state index contributed by atoms with van der Waals surface area (Å²) in [5.74, 6) is -3.87. The van der Waals surface area contributed by atoms with E-state index in [4.69, 9.17) is 9.47 Å². The highest BCUT2D eigenvalue weighted by Gasteiger charge is 2.55. The van der Waals surface area contributed by atoms with Crippen molar-refractivity contribution in [3.8, 4) is 0 Å². The van der Waals surface area contributed by atoms with E-state index in [9.17, 15) is 24.8 Å². The molecule has 0 aromatic heterocycles. The molecule has 0 bridgehead atoms. The summed E-state index contributed by atoms with van der Waals surface area (Å²) in [6.07, 6.45) is 0. The number of carbonyl (C=O) groups is 2. The average Bonchev–Trinajstić information content (AvgIpc) is 2.79. The van der Waals surface area contributed by atoms with E-state index in [1.807, 2.05) is 0 Å². The molecule has 1 heterocycles. The Morgan fingerprint density at radius 3 is 2.36 bits per heavy atom. The Morgan fingerprint density at radius 1 is 1.09 bits per heavy atom. The molecule has 0 radical (unpaired) electrons. The Kier molecular flexibility index (Phi) is 7.13. The number of nitrogens with one attached hydrogen (secondary N) is 1. The summed E-state index contributed by atoms with van der Waals surface area (Å²) < 4.78 is 10.5. The Hall–Kier alpha value is -3.72. The molecule has 0 amide bonds. The maximum Gasteiger partial charge on any atom is 0.336 e. The van der Waals surface area contributed by atoms with Gasteiger partial charge in [-0.1, -0.05) is 42.5 Å². The van der Waals surface area contributed by atoms with Gasteiger partial charge >= 0.3 is 11.9 Å². The van der Waals surface area contributed by atoms with Crippen LogP contribution in [0.1, 0.15) is 37.8 Å². The first-order valence-corrected chi connectivity index (χ1v) is 10.6. The second kappa shape index (κ2) is 9.83.